The van der Waals surface area contributed by atoms with Crippen molar-refractivity contribution >= 4 is 29.7 Å². The maximum absolute atomic E-state index is 14.4. The number of anilines is 1. The van der Waals surface area contributed by atoms with Crippen LogP contribution >= 0.6 is 11.6 Å². The predicted octanol–water partition coefficient (Wildman–Crippen LogP) is 1.93. The average Bonchev–Trinajstić information content (AvgIpc) is 2.69. The van der Waals surface area contributed by atoms with Gasteiger partial charge in [-0.05, 0) is 11.6 Å². The van der Waals surface area contributed by atoms with E-state index in [1.165, 1.54) is 30.3 Å². The van der Waals surface area contributed by atoms with Gasteiger partial charge in [0.05, 0.1) is 30.3 Å². The van der Waals surface area contributed by atoms with Crippen LogP contribution in [0.15, 0.2) is 41.5 Å². The van der Waals surface area contributed by atoms with E-state index in [0.717, 1.165) is 6.34 Å². The molecule has 0 spiro atoms. The van der Waals surface area contributed by atoms with Crippen molar-refractivity contribution in [2.45, 2.75) is 18.8 Å². The average molecular weight is 427 g/mol. The van der Waals surface area contributed by atoms with Gasteiger partial charge in [-0.2, -0.15) is 13.9 Å². The van der Waals surface area contributed by atoms with Crippen LogP contribution in [0, 0.1) is 0 Å². The number of nitrogens with zero attached hydrogens (tertiary/aromatic N) is 2. The largest absolute Gasteiger partial charge is 0.369 e. The molecule has 29 heavy (non-hydrogen) atoms. The highest BCUT2D eigenvalue weighted by Crippen LogP contribution is 2.29. The van der Waals surface area contributed by atoms with Crippen LogP contribution in [0.5, 0.6) is 0 Å². The van der Waals surface area contributed by atoms with Crippen LogP contribution in [0.2, 0.25) is 5.02 Å². The molecule has 0 bridgehead atoms. The zero-order valence-corrected chi connectivity index (χ0v) is 16.1. The van der Waals surface area contributed by atoms with Crippen molar-refractivity contribution in [3.8, 4) is 0 Å². The van der Waals surface area contributed by atoms with Crippen molar-refractivity contribution in [1.29, 1.82) is 0 Å². The van der Waals surface area contributed by atoms with Gasteiger partial charge < -0.3 is 16.9 Å². The van der Waals surface area contributed by atoms with Gasteiger partial charge in [0, 0.05) is 12.0 Å². The number of rotatable bonds is 11. The molecule has 0 fully saturated rings. The highest BCUT2D eigenvalue weighted by atomic mass is 35.5. The Morgan fingerprint density at radius 1 is 1.34 bits per heavy atom. The number of hydroxylamine groups is 1. The number of alkyl halides is 2. The Morgan fingerprint density at radius 3 is 2.72 bits per heavy atom. The zero-order valence-electron chi connectivity index (χ0n) is 15.4. The maximum Gasteiger partial charge on any atom is 0.290 e. The van der Waals surface area contributed by atoms with Crippen molar-refractivity contribution in [3.05, 3.63) is 58.2 Å². The molecule has 1 amide bonds. The van der Waals surface area contributed by atoms with Gasteiger partial charge in [0.25, 0.3) is 5.92 Å². The van der Waals surface area contributed by atoms with Gasteiger partial charge in [0.15, 0.2) is 0 Å². The lowest BCUT2D eigenvalue weighted by atomic mass is 10.1. The van der Waals surface area contributed by atoms with Crippen LogP contribution in [0.4, 0.5) is 14.6 Å². The Balaban J connectivity index is 2.16. The van der Waals surface area contributed by atoms with E-state index in [9.17, 15) is 13.6 Å². The lowest BCUT2D eigenvalue weighted by Gasteiger charge is -2.19. The third-order valence-corrected chi connectivity index (χ3v) is 4.27. The Morgan fingerprint density at radius 2 is 2.07 bits per heavy atom. The van der Waals surface area contributed by atoms with E-state index < -0.39 is 18.4 Å². The van der Waals surface area contributed by atoms with E-state index in [1.54, 1.807) is 6.07 Å². The molecule has 0 atom stereocenters. The predicted molar refractivity (Wildman–Crippen MR) is 106 cm³/mol. The zero-order chi connectivity index (χ0) is 21.3. The van der Waals surface area contributed by atoms with Gasteiger partial charge in [-0.15, -0.1) is 0 Å². The number of halogens is 3. The Bertz CT molecular complexity index is 852. The van der Waals surface area contributed by atoms with Gasteiger partial charge in [0.1, 0.15) is 12.2 Å². The summed E-state index contributed by atoms with van der Waals surface area (Å²) in [5, 5.41) is 6.03. The Kier molecular flexibility index (Phi) is 8.10. The first-order chi connectivity index (χ1) is 13.8. The lowest BCUT2D eigenvalue weighted by molar-refractivity contribution is -0.117. The van der Waals surface area contributed by atoms with Crippen molar-refractivity contribution in [1.82, 2.24) is 10.5 Å². The molecule has 0 aliphatic carbocycles. The fourth-order valence-electron chi connectivity index (χ4n) is 2.47. The Labute approximate surface area is 171 Å². The number of amides is 1. The first-order valence-electron chi connectivity index (χ1n) is 8.56. The first-order valence-corrected chi connectivity index (χ1v) is 8.94. The van der Waals surface area contributed by atoms with Gasteiger partial charge in [-0.3, -0.25) is 15.1 Å². The summed E-state index contributed by atoms with van der Waals surface area (Å²) in [6, 6.07) is 8.85. The Hall–Kier alpha value is -2.98. The quantitative estimate of drug-likeness (QED) is 0.143. The lowest BCUT2D eigenvalue weighted by Crippen LogP contribution is -2.25. The number of pyridine rings is 1. The number of aromatic nitrogens is 1. The summed E-state index contributed by atoms with van der Waals surface area (Å²) >= 11 is 6.28. The summed E-state index contributed by atoms with van der Waals surface area (Å²) in [5.41, 5.74) is 8.24. The number of primary amides is 1. The molecule has 2 rings (SSSR count). The number of nitrogens with two attached hydrogens (primary N) is 2. The second-order valence-electron chi connectivity index (χ2n) is 5.99. The summed E-state index contributed by atoms with van der Waals surface area (Å²) in [6.45, 7) is -0.551. The summed E-state index contributed by atoms with van der Waals surface area (Å²) < 4.78 is 28.8. The molecular weight excluding hydrogens is 406 g/mol. The molecular formula is C18H21ClF2N6O2. The van der Waals surface area contributed by atoms with Gasteiger partial charge in [0.2, 0.25) is 5.91 Å². The van der Waals surface area contributed by atoms with Crippen molar-refractivity contribution in [2.24, 2.45) is 16.7 Å². The molecule has 1 aromatic carbocycles. The highest BCUT2D eigenvalue weighted by Gasteiger charge is 2.31. The molecule has 0 aliphatic rings. The summed E-state index contributed by atoms with van der Waals surface area (Å²) in [7, 11) is 0. The second-order valence-corrected chi connectivity index (χ2v) is 6.37. The van der Waals surface area contributed by atoms with Crippen LogP contribution in [0.25, 0.3) is 0 Å². The number of nitrogens with one attached hydrogen (secondary N) is 2. The fourth-order valence-corrected chi connectivity index (χ4v) is 2.73. The molecule has 0 radical (unpaired) electrons. The number of hydrogen-bond acceptors (Lipinski definition) is 6. The van der Waals surface area contributed by atoms with Gasteiger partial charge >= 0.3 is 0 Å². The van der Waals surface area contributed by atoms with Crippen LogP contribution in [0.3, 0.4) is 0 Å². The molecule has 156 valence electrons. The van der Waals surface area contributed by atoms with Crippen molar-refractivity contribution in [3.63, 3.8) is 0 Å². The van der Waals surface area contributed by atoms with E-state index in [1.807, 2.05) is 0 Å². The molecule has 0 saturated carbocycles. The molecule has 8 nitrogen and oxygen atoms in total. The molecule has 0 aliphatic heterocycles. The topological polar surface area (TPSA) is 128 Å². The summed E-state index contributed by atoms with van der Waals surface area (Å²) in [5.74, 6) is 1.34. The van der Waals surface area contributed by atoms with E-state index in [2.05, 4.69) is 20.9 Å². The third-order valence-electron chi connectivity index (χ3n) is 3.81. The van der Waals surface area contributed by atoms with Gasteiger partial charge in [-0.25, -0.2) is 4.98 Å². The second kappa shape index (κ2) is 10.5. The van der Waals surface area contributed by atoms with Crippen molar-refractivity contribution < 1.29 is 18.4 Å². The minimum Gasteiger partial charge on any atom is -0.369 e. The number of carbonyl (C=O) groups excluding carboxylic acids is 1. The normalized spacial score (nSPS) is 11.6. The molecule has 0 unspecified atom stereocenters. The molecule has 0 saturated heterocycles. The van der Waals surface area contributed by atoms with E-state index in [0.29, 0.717) is 11.3 Å². The maximum atomic E-state index is 14.4. The van der Waals surface area contributed by atoms with Crippen LogP contribution in [0.1, 0.15) is 16.8 Å². The highest BCUT2D eigenvalue weighted by molar-refractivity contribution is 6.32. The fraction of sp³-hybridized carbons (Fsp3) is 0.278. The minimum atomic E-state index is -3.12. The number of benzene rings is 1. The van der Waals surface area contributed by atoms with Crippen LogP contribution in [-0.4, -0.2) is 30.4 Å². The molecule has 6 N–H and O–H groups in total. The van der Waals surface area contributed by atoms with Crippen molar-refractivity contribution in [2.75, 3.05) is 18.5 Å². The standard InChI is InChI=1S/C18H21ClF2N6O2/c19-17-12(8-15(22)28)9-16(27-14(17)6-7-29-26-11-25-23)24-10-18(20,21)13-4-2-1-3-5-13/h1-5,9,11H,6-8,10,23H2,(H2,22,28)(H,24,27)(H,25,26). The number of hydrogen-bond donors (Lipinski definition) is 4. The summed E-state index contributed by atoms with van der Waals surface area (Å²) in [6.07, 6.45) is 1.22. The number of carbonyl (C=O) groups is 1. The number of hydrazone groups is 1. The molecule has 11 heteroatoms. The third kappa shape index (κ3) is 6.84. The SMILES string of the molecule is NN=CNOCCc1nc(NCC(F)(F)c2ccccc2)cc(CC(N)=O)c1Cl. The molecule has 1 aromatic heterocycles. The smallest absolute Gasteiger partial charge is 0.290 e. The van der Waals surface area contributed by atoms with Crippen LogP contribution in [-0.2, 0) is 28.4 Å². The first kappa shape index (κ1) is 22.3. The minimum absolute atomic E-state index is 0.125. The monoisotopic (exact) mass is 426 g/mol. The molecule has 2 aromatic rings. The van der Waals surface area contributed by atoms with Crippen LogP contribution < -0.4 is 22.4 Å². The molecule has 1 heterocycles. The van der Waals surface area contributed by atoms with E-state index in [-0.39, 0.29) is 35.9 Å². The van der Waals surface area contributed by atoms with Gasteiger partial charge in [-0.1, -0.05) is 41.9 Å². The van der Waals surface area contributed by atoms with E-state index >= 15 is 0 Å². The summed E-state index contributed by atoms with van der Waals surface area (Å²) in [4.78, 5) is 20.6. The van der Waals surface area contributed by atoms with E-state index in [4.69, 9.17) is 28.0 Å².